The van der Waals surface area contributed by atoms with Crippen LogP contribution in [0.4, 0.5) is 5.69 Å². The van der Waals surface area contributed by atoms with Crippen LogP contribution in [-0.2, 0) is 6.42 Å². The average Bonchev–Trinajstić information content (AvgIpc) is 3.13. The second-order valence-electron chi connectivity index (χ2n) is 6.17. The number of hydrogen-bond acceptors (Lipinski definition) is 4. The number of hydrogen-bond donors (Lipinski definition) is 0. The normalized spacial score (nSPS) is 15.1. The van der Waals surface area contributed by atoms with E-state index in [-0.39, 0.29) is 11.5 Å². The predicted octanol–water partition coefficient (Wildman–Crippen LogP) is 5.07. The topological polar surface area (TPSA) is 73.3 Å². The fraction of sp³-hybridized carbons (Fsp3) is 0.0952. The molecule has 5 nitrogen and oxygen atoms in total. The van der Waals surface area contributed by atoms with Gasteiger partial charge in [0.05, 0.1) is 4.92 Å². The number of non-ortho nitro benzene ring substituents is 1. The van der Waals surface area contributed by atoms with Crippen molar-refractivity contribution in [1.82, 2.24) is 0 Å². The monoisotopic (exact) mass is 345 g/mol. The van der Waals surface area contributed by atoms with E-state index in [1.807, 2.05) is 24.3 Å². The van der Waals surface area contributed by atoms with Crippen LogP contribution < -0.4 is 0 Å². The quantitative estimate of drug-likeness (QED) is 0.377. The maximum atomic E-state index is 12.6. The van der Waals surface area contributed by atoms with Crippen LogP contribution in [-0.4, -0.2) is 10.7 Å². The van der Waals surface area contributed by atoms with Crippen LogP contribution in [0.5, 0.6) is 0 Å². The first-order valence-corrected chi connectivity index (χ1v) is 8.29. The molecule has 0 aliphatic heterocycles. The summed E-state index contributed by atoms with van der Waals surface area (Å²) in [6.45, 7) is 0. The van der Waals surface area contributed by atoms with Gasteiger partial charge >= 0.3 is 0 Å². The van der Waals surface area contributed by atoms with Gasteiger partial charge in [0, 0.05) is 28.8 Å². The fourth-order valence-corrected chi connectivity index (χ4v) is 3.18. The third-order valence-electron chi connectivity index (χ3n) is 4.50. The van der Waals surface area contributed by atoms with Crippen LogP contribution in [0.3, 0.4) is 0 Å². The molecule has 0 N–H and O–H groups in total. The van der Waals surface area contributed by atoms with Crippen molar-refractivity contribution in [2.75, 3.05) is 0 Å². The van der Waals surface area contributed by atoms with Crippen molar-refractivity contribution >= 4 is 17.5 Å². The molecule has 0 radical (unpaired) electrons. The molecule has 0 amide bonds. The Labute approximate surface area is 149 Å². The number of benzene rings is 2. The van der Waals surface area contributed by atoms with Crippen LogP contribution in [0.15, 0.2) is 70.7 Å². The van der Waals surface area contributed by atoms with E-state index >= 15 is 0 Å². The van der Waals surface area contributed by atoms with Crippen molar-refractivity contribution < 1.29 is 14.1 Å². The third kappa shape index (κ3) is 2.95. The molecule has 128 valence electrons. The summed E-state index contributed by atoms with van der Waals surface area (Å²) in [4.78, 5) is 23.1. The minimum atomic E-state index is -0.437. The van der Waals surface area contributed by atoms with E-state index < -0.39 is 4.92 Å². The molecule has 1 aromatic heterocycles. The summed E-state index contributed by atoms with van der Waals surface area (Å²) in [5, 5.41) is 10.9. The maximum absolute atomic E-state index is 12.6. The highest BCUT2D eigenvalue weighted by molar-refractivity contribution is 6.13. The fourth-order valence-electron chi connectivity index (χ4n) is 3.18. The van der Waals surface area contributed by atoms with Crippen LogP contribution >= 0.6 is 0 Å². The first-order valence-electron chi connectivity index (χ1n) is 8.29. The lowest BCUT2D eigenvalue weighted by molar-refractivity contribution is -0.384. The summed E-state index contributed by atoms with van der Waals surface area (Å²) in [5.74, 6) is 1.12. The van der Waals surface area contributed by atoms with Gasteiger partial charge in [-0.05, 0) is 36.6 Å². The highest BCUT2D eigenvalue weighted by atomic mass is 16.6. The van der Waals surface area contributed by atoms with Gasteiger partial charge in [-0.2, -0.15) is 0 Å². The number of rotatable bonds is 3. The number of nitro groups is 1. The van der Waals surface area contributed by atoms with Gasteiger partial charge in [-0.15, -0.1) is 0 Å². The lowest BCUT2D eigenvalue weighted by atomic mass is 9.86. The number of carbonyl (C=O) groups is 1. The van der Waals surface area contributed by atoms with Gasteiger partial charge in [-0.25, -0.2) is 0 Å². The predicted molar refractivity (Wildman–Crippen MR) is 97.9 cm³/mol. The summed E-state index contributed by atoms with van der Waals surface area (Å²) in [5.41, 5.74) is 3.17. The number of nitro benzene ring substituents is 1. The van der Waals surface area contributed by atoms with Crippen molar-refractivity contribution in [3.63, 3.8) is 0 Å². The zero-order valence-corrected chi connectivity index (χ0v) is 13.8. The maximum Gasteiger partial charge on any atom is 0.270 e. The minimum Gasteiger partial charge on any atom is -0.457 e. The molecule has 3 aromatic rings. The number of nitrogens with zero attached hydrogens (tertiary/aromatic N) is 1. The van der Waals surface area contributed by atoms with E-state index in [9.17, 15) is 14.9 Å². The molecule has 0 saturated carbocycles. The van der Waals surface area contributed by atoms with Gasteiger partial charge in [-0.1, -0.05) is 36.4 Å². The lowest BCUT2D eigenvalue weighted by Gasteiger charge is -2.16. The molecule has 0 spiro atoms. The Morgan fingerprint density at radius 1 is 1.00 bits per heavy atom. The largest absolute Gasteiger partial charge is 0.457 e. The van der Waals surface area contributed by atoms with Gasteiger partial charge in [0.25, 0.3) is 5.69 Å². The molecule has 5 heteroatoms. The van der Waals surface area contributed by atoms with Gasteiger partial charge in [-0.3, -0.25) is 14.9 Å². The number of carbonyl (C=O) groups excluding carboxylic acids is 1. The zero-order chi connectivity index (χ0) is 18.1. The Bertz CT molecular complexity index is 1050. The van der Waals surface area contributed by atoms with Crippen molar-refractivity contribution in [1.29, 1.82) is 0 Å². The number of aryl methyl sites for hydroxylation is 1. The van der Waals surface area contributed by atoms with Crippen LogP contribution in [0.25, 0.3) is 17.4 Å². The average molecular weight is 345 g/mol. The van der Waals surface area contributed by atoms with Gasteiger partial charge in [0.1, 0.15) is 11.5 Å². The van der Waals surface area contributed by atoms with Crippen LogP contribution in [0.1, 0.15) is 28.1 Å². The molecule has 1 aliphatic carbocycles. The third-order valence-corrected chi connectivity index (χ3v) is 4.50. The summed E-state index contributed by atoms with van der Waals surface area (Å²) in [7, 11) is 0. The van der Waals surface area contributed by atoms with Crippen molar-refractivity contribution in [3.05, 3.63) is 93.2 Å². The Morgan fingerprint density at radius 3 is 2.69 bits per heavy atom. The van der Waals surface area contributed by atoms with Gasteiger partial charge in [0.15, 0.2) is 5.78 Å². The van der Waals surface area contributed by atoms with E-state index in [1.165, 1.54) is 12.1 Å². The molecular weight excluding hydrogens is 330 g/mol. The van der Waals surface area contributed by atoms with E-state index in [0.29, 0.717) is 29.1 Å². The molecular formula is C21H15NO4. The molecule has 1 heterocycles. The molecule has 26 heavy (non-hydrogen) atoms. The van der Waals surface area contributed by atoms with E-state index in [1.54, 1.807) is 30.3 Å². The molecule has 0 saturated heterocycles. The second-order valence-corrected chi connectivity index (χ2v) is 6.17. The summed E-state index contributed by atoms with van der Waals surface area (Å²) in [6.07, 6.45) is 3.26. The first-order chi connectivity index (χ1) is 12.6. The van der Waals surface area contributed by atoms with Crippen molar-refractivity contribution in [2.45, 2.75) is 12.8 Å². The Hall–Kier alpha value is -3.47. The van der Waals surface area contributed by atoms with Crippen LogP contribution in [0.2, 0.25) is 0 Å². The van der Waals surface area contributed by atoms with Gasteiger partial charge in [0.2, 0.25) is 0 Å². The standard InChI is InChI=1S/C21H15NO4/c23-21-16(9-8-14-4-1-2-7-19(14)21)13-18-10-11-20(26-18)15-5-3-6-17(12-15)22(24)25/h1-7,10-13H,8-9H2. The Balaban J connectivity index is 1.63. The van der Waals surface area contributed by atoms with Crippen LogP contribution in [0, 0.1) is 10.1 Å². The molecule has 0 bridgehead atoms. The molecule has 0 fully saturated rings. The SMILES string of the molecule is O=C1C(=Cc2ccc(-c3cccc([N+](=O)[O-])c3)o2)CCc2ccccc21. The first kappa shape index (κ1) is 16.0. The highest BCUT2D eigenvalue weighted by Gasteiger charge is 2.21. The van der Waals surface area contributed by atoms with Gasteiger partial charge < -0.3 is 4.42 Å². The molecule has 4 rings (SSSR count). The number of ketones is 1. The van der Waals surface area contributed by atoms with E-state index in [0.717, 1.165) is 17.5 Å². The highest BCUT2D eigenvalue weighted by Crippen LogP contribution is 2.29. The Morgan fingerprint density at radius 2 is 1.85 bits per heavy atom. The second kappa shape index (κ2) is 6.44. The lowest BCUT2D eigenvalue weighted by Crippen LogP contribution is -2.13. The number of fused-ring (bicyclic) bond motifs is 1. The van der Waals surface area contributed by atoms with Crippen molar-refractivity contribution in [3.8, 4) is 11.3 Å². The van der Waals surface area contributed by atoms with E-state index in [4.69, 9.17) is 4.42 Å². The summed E-state index contributed by atoms with van der Waals surface area (Å²) in [6, 6.07) is 17.5. The number of furan rings is 1. The van der Waals surface area contributed by atoms with Crippen molar-refractivity contribution in [2.24, 2.45) is 0 Å². The molecule has 2 aromatic carbocycles. The smallest absolute Gasteiger partial charge is 0.270 e. The zero-order valence-electron chi connectivity index (χ0n) is 13.8. The molecule has 1 aliphatic rings. The molecule has 0 unspecified atom stereocenters. The minimum absolute atomic E-state index is 0.0119. The summed E-state index contributed by atoms with van der Waals surface area (Å²) < 4.78 is 5.79. The summed E-state index contributed by atoms with van der Waals surface area (Å²) >= 11 is 0. The molecule has 0 atom stereocenters. The number of allylic oxidation sites excluding steroid dienone is 1. The number of Topliss-reactive ketones (excluding diaryl/α,β-unsaturated/α-hetero) is 1. The Kier molecular flexibility index (Phi) is 3.97. The van der Waals surface area contributed by atoms with E-state index in [2.05, 4.69) is 0 Å².